The number of allylic oxidation sites excluding steroid dienone is 1. The first-order valence-electron chi connectivity index (χ1n) is 6.71. The number of methoxy groups -OCH3 is 1. The summed E-state index contributed by atoms with van der Waals surface area (Å²) in [6, 6.07) is 8.61. The summed E-state index contributed by atoms with van der Waals surface area (Å²) in [6.07, 6.45) is 6.63. The molecule has 102 valence electrons. The van der Waals surface area contributed by atoms with E-state index in [1.54, 1.807) is 7.11 Å². The van der Waals surface area contributed by atoms with Crippen LogP contribution >= 0.6 is 11.3 Å². The predicted octanol–water partition coefficient (Wildman–Crippen LogP) is 3.63. The third-order valence-electron chi connectivity index (χ3n) is 3.04. The van der Waals surface area contributed by atoms with E-state index in [0.29, 0.717) is 0 Å². The molecule has 2 aromatic rings. The Morgan fingerprint density at radius 3 is 3.00 bits per heavy atom. The number of hydrogen-bond acceptors (Lipinski definition) is 3. The molecule has 0 radical (unpaired) electrons. The minimum Gasteiger partial charge on any atom is -0.383 e. The Morgan fingerprint density at radius 2 is 2.11 bits per heavy atom. The predicted molar refractivity (Wildman–Crippen MR) is 84.0 cm³/mol. The van der Waals surface area contributed by atoms with E-state index in [1.807, 2.05) is 11.3 Å². The highest BCUT2D eigenvalue weighted by atomic mass is 32.1. The standard InChI is InChI=1S/C16H21NOS/c1-18-12-11-17-10-6-2-3-7-14-13-19-16-9-5-4-8-15(14)16/h2-5,8-9,13,17H,6-7,10-12H2,1H3. The van der Waals surface area contributed by atoms with Gasteiger partial charge in [-0.05, 0) is 41.8 Å². The monoisotopic (exact) mass is 275 g/mol. The molecule has 0 fully saturated rings. The largest absolute Gasteiger partial charge is 0.383 e. The van der Waals surface area contributed by atoms with Crippen LogP contribution in [0, 0.1) is 0 Å². The van der Waals surface area contributed by atoms with Crippen molar-refractivity contribution in [3.8, 4) is 0 Å². The summed E-state index contributed by atoms with van der Waals surface area (Å²) in [6.45, 7) is 2.73. The summed E-state index contributed by atoms with van der Waals surface area (Å²) >= 11 is 1.83. The van der Waals surface area contributed by atoms with Crippen LogP contribution in [0.15, 0.2) is 41.8 Å². The van der Waals surface area contributed by atoms with Crippen LogP contribution in [0.5, 0.6) is 0 Å². The number of ether oxygens (including phenoxy) is 1. The lowest BCUT2D eigenvalue weighted by Gasteiger charge is -2.00. The topological polar surface area (TPSA) is 21.3 Å². The fourth-order valence-electron chi connectivity index (χ4n) is 2.00. The third kappa shape index (κ3) is 4.46. The van der Waals surface area contributed by atoms with Gasteiger partial charge in [-0.3, -0.25) is 0 Å². The summed E-state index contributed by atoms with van der Waals surface area (Å²) < 4.78 is 6.36. The lowest BCUT2D eigenvalue weighted by Crippen LogP contribution is -2.19. The van der Waals surface area contributed by atoms with Crippen molar-refractivity contribution >= 4 is 21.4 Å². The lowest BCUT2D eigenvalue weighted by molar-refractivity contribution is 0.199. The normalized spacial score (nSPS) is 11.6. The molecule has 2 rings (SSSR count). The molecule has 0 amide bonds. The maximum absolute atomic E-state index is 4.98. The van der Waals surface area contributed by atoms with Gasteiger partial charge in [0.25, 0.3) is 0 Å². The number of hydrogen-bond donors (Lipinski definition) is 1. The second kappa shape index (κ2) is 8.10. The highest BCUT2D eigenvalue weighted by Gasteiger charge is 2.00. The number of fused-ring (bicyclic) bond motifs is 1. The minimum absolute atomic E-state index is 0.782. The molecule has 0 aliphatic rings. The van der Waals surface area contributed by atoms with Gasteiger partial charge in [0, 0.05) is 18.4 Å². The molecule has 1 heterocycles. The Kier molecular flexibility index (Phi) is 6.08. The number of thiophene rings is 1. The van der Waals surface area contributed by atoms with Crippen molar-refractivity contribution < 1.29 is 4.74 Å². The maximum Gasteiger partial charge on any atom is 0.0587 e. The van der Waals surface area contributed by atoms with Crippen LogP contribution < -0.4 is 5.32 Å². The summed E-state index contributed by atoms with van der Waals surface area (Å²) in [5.74, 6) is 0. The summed E-state index contributed by atoms with van der Waals surface area (Å²) in [7, 11) is 1.73. The minimum atomic E-state index is 0.782. The molecule has 1 aromatic carbocycles. The summed E-state index contributed by atoms with van der Waals surface area (Å²) in [5, 5.41) is 7.00. The van der Waals surface area contributed by atoms with Crippen LogP contribution in [-0.4, -0.2) is 26.8 Å². The van der Waals surface area contributed by atoms with Gasteiger partial charge in [0.1, 0.15) is 0 Å². The first-order chi connectivity index (χ1) is 9.42. The zero-order valence-corrected chi connectivity index (χ0v) is 12.2. The summed E-state index contributed by atoms with van der Waals surface area (Å²) in [4.78, 5) is 0. The van der Waals surface area contributed by atoms with E-state index in [2.05, 4.69) is 47.1 Å². The number of benzene rings is 1. The second-order valence-corrected chi connectivity index (χ2v) is 5.38. The van der Waals surface area contributed by atoms with Gasteiger partial charge in [0.05, 0.1) is 6.61 Å². The van der Waals surface area contributed by atoms with Gasteiger partial charge < -0.3 is 10.1 Å². The summed E-state index contributed by atoms with van der Waals surface area (Å²) in [5.41, 5.74) is 1.43. The van der Waals surface area contributed by atoms with Crippen molar-refractivity contribution in [2.75, 3.05) is 26.8 Å². The molecule has 1 N–H and O–H groups in total. The van der Waals surface area contributed by atoms with Crippen molar-refractivity contribution in [1.82, 2.24) is 5.32 Å². The second-order valence-electron chi connectivity index (χ2n) is 4.46. The molecule has 3 heteroatoms. The molecule has 0 saturated carbocycles. The molecule has 19 heavy (non-hydrogen) atoms. The van der Waals surface area contributed by atoms with Crippen LogP contribution in [-0.2, 0) is 11.2 Å². The molecule has 0 aliphatic heterocycles. The highest BCUT2D eigenvalue weighted by Crippen LogP contribution is 2.25. The van der Waals surface area contributed by atoms with Gasteiger partial charge in [-0.25, -0.2) is 0 Å². The molecule has 2 nitrogen and oxygen atoms in total. The number of rotatable bonds is 8. The zero-order chi connectivity index (χ0) is 13.3. The van der Waals surface area contributed by atoms with Gasteiger partial charge >= 0.3 is 0 Å². The fourth-order valence-corrected chi connectivity index (χ4v) is 2.98. The van der Waals surface area contributed by atoms with E-state index in [1.165, 1.54) is 15.6 Å². The van der Waals surface area contributed by atoms with E-state index < -0.39 is 0 Å². The van der Waals surface area contributed by atoms with Crippen LogP contribution in [0.2, 0.25) is 0 Å². The lowest BCUT2D eigenvalue weighted by atomic mass is 10.1. The molecular formula is C16H21NOS. The smallest absolute Gasteiger partial charge is 0.0587 e. The molecule has 0 atom stereocenters. The van der Waals surface area contributed by atoms with E-state index in [9.17, 15) is 0 Å². The SMILES string of the molecule is COCCNCCC=CCc1csc2ccccc12. The van der Waals surface area contributed by atoms with E-state index in [-0.39, 0.29) is 0 Å². The first-order valence-corrected chi connectivity index (χ1v) is 7.59. The van der Waals surface area contributed by atoms with Gasteiger partial charge in [-0.2, -0.15) is 0 Å². The third-order valence-corrected chi connectivity index (χ3v) is 4.05. The van der Waals surface area contributed by atoms with Crippen LogP contribution in [0.1, 0.15) is 12.0 Å². The zero-order valence-electron chi connectivity index (χ0n) is 11.4. The molecular weight excluding hydrogens is 254 g/mol. The van der Waals surface area contributed by atoms with Crippen LogP contribution in [0.3, 0.4) is 0 Å². The van der Waals surface area contributed by atoms with Crippen molar-refractivity contribution in [3.05, 3.63) is 47.4 Å². The number of nitrogens with one attached hydrogen (secondary N) is 1. The van der Waals surface area contributed by atoms with Crippen LogP contribution in [0.25, 0.3) is 10.1 Å². The quantitative estimate of drug-likeness (QED) is 0.587. The first kappa shape index (κ1) is 14.3. The average Bonchev–Trinajstić information content (AvgIpc) is 2.85. The van der Waals surface area contributed by atoms with Crippen molar-refractivity contribution in [2.24, 2.45) is 0 Å². The van der Waals surface area contributed by atoms with Crippen molar-refractivity contribution in [3.63, 3.8) is 0 Å². The van der Waals surface area contributed by atoms with Gasteiger partial charge in [-0.15, -0.1) is 11.3 Å². The van der Waals surface area contributed by atoms with Crippen molar-refractivity contribution in [1.29, 1.82) is 0 Å². The van der Waals surface area contributed by atoms with Gasteiger partial charge in [-0.1, -0.05) is 30.4 Å². The molecule has 0 spiro atoms. The average molecular weight is 275 g/mol. The molecule has 0 saturated heterocycles. The van der Waals surface area contributed by atoms with Crippen LogP contribution in [0.4, 0.5) is 0 Å². The Morgan fingerprint density at radius 1 is 1.21 bits per heavy atom. The highest BCUT2D eigenvalue weighted by molar-refractivity contribution is 7.17. The Hall–Kier alpha value is -1.16. The van der Waals surface area contributed by atoms with Gasteiger partial charge in [0.15, 0.2) is 0 Å². The molecule has 0 unspecified atom stereocenters. The maximum atomic E-state index is 4.98. The molecule has 0 bridgehead atoms. The van der Waals surface area contributed by atoms with E-state index >= 15 is 0 Å². The van der Waals surface area contributed by atoms with Gasteiger partial charge in [0.2, 0.25) is 0 Å². The Balaban J connectivity index is 1.73. The van der Waals surface area contributed by atoms with Crippen molar-refractivity contribution in [2.45, 2.75) is 12.8 Å². The fraction of sp³-hybridized carbons (Fsp3) is 0.375. The Bertz CT molecular complexity index is 518. The van der Waals surface area contributed by atoms with E-state index in [4.69, 9.17) is 4.74 Å². The van der Waals surface area contributed by atoms with E-state index in [0.717, 1.165) is 32.5 Å². The molecule has 1 aromatic heterocycles. The molecule has 0 aliphatic carbocycles. The Labute approximate surface area is 119 Å².